The number of H-pyrrole nitrogens is 2. The van der Waals surface area contributed by atoms with Gasteiger partial charge in [0.25, 0.3) is 6.02 Å². The average Bonchev–Trinajstić information content (AvgIpc) is 3.94. The number of benzene rings is 3. The molecule has 11 nitrogen and oxygen atoms in total. The number of piperidine rings is 1. The van der Waals surface area contributed by atoms with E-state index in [1.54, 1.807) is 12.6 Å². The molecule has 0 radical (unpaired) electrons. The molecule has 0 spiro atoms. The second kappa shape index (κ2) is 13.3. The summed E-state index contributed by atoms with van der Waals surface area (Å²) in [4.78, 5) is 37.0. The molecule has 264 valence electrons. The highest BCUT2D eigenvalue weighted by Crippen LogP contribution is 2.39. The predicted molar refractivity (Wildman–Crippen MR) is 204 cm³/mol. The van der Waals surface area contributed by atoms with Crippen LogP contribution in [0, 0.1) is 5.92 Å². The zero-order valence-electron chi connectivity index (χ0n) is 29.1. The number of amidine groups is 1. The number of nitrogens with one attached hydrogen (secondary N) is 2. The number of rotatable bonds is 7. The summed E-state index contributed by atoms with van der Waals surface area (Å²) in [6.07, 6.45) is 10.0. The number of hydrogen-bond acceptors (Lipinski definition) is 6. The van der Waals surface area contributed by atoms with Crippen molar-refractivity contribution in [1.29, 1.82) is 0 Å². The number of aryl methyl sites for hydroxylation is 2. The summed E-state index contributed by atoms with van der Waals surface area (Å²) >= 11 is 0. The lowest BCUT2D eigenvalue weighted by Gasteiger charge is -2.36. The molecule has 3 unspecified atom stereocenters. The number of ether oxygens (including phenoxy) is 1. The summed E-state index contributed by atoms with van der Waals surface area (Å²) in [7, 11) is -0.838. The van der Waals surface area contributed by atoms with Gasteiger partial charge in [0.1, 0.15) is 11.9 Å². The molecule has 2 fully saturated rings. The van der Waals surface area contributed by atoms with E-state index in [0.717, 1.165) is 59.7 Å². The number of imidazole rings is 2. The van der Waals surface area contributed by atoms with Crippen LogP contribution in [0.4, 0.5) is 0 Å². The normalized spacial score (nSPS) is 20.2. The average molecular weight is 705 g/mol. The molecule has 51 heavy (non-hydrogen) atoms. The number of nitrogens with zero attached hydrogens (tertiary/aromatic N) is 5. The molecular weight excluding hydrogens is 661 g/mol. The van der Waals surface area contributed by atoms with Gasteiger partial charge in [-0.2, -0.15) is 0 Å². The van der Waals surface area contributed by atoms with Crippen LogP contribution in [0.1, 0.15) is 48.8 Å². The minimum Gasteiger partial charge on any atom is -0.469 e. The maximum Gasteiger partial charge on any atom is 0.282 e. The number of carbonyl (C=O) groups excluding carboxylic acids is 1. The molecule has 2 saturated heterocycles. The van der Waals surface area contributed by atoms with Gasteiger partial charge in [0.05, 0.1) is 37.1 Å². The second-order valence-corrected chi connectivity index (χ2v) is 16.5. The Hall–Kier alpha value is -4.94. The van der Waals surface area contributed by atoms with E-state index in [-0.39, 0.29) is 23.9 Å². The van der Waals surface area contributed by atoms with Gasteiger partial charge in [-0.15, -0.1) is 0 Å². The number of amides is 1. The zero-order valence-corrected chi connectivity index (χ0v) is 29.9. The standard InChI is InChI=1S/C39H44N8O3S/c1-50-39(40)45-35(24-14-17-46(18-15-24)51(2,3)49)38(48)47-16-4-5-34(47)37-43-32-13-11-29-20-28(10-12-31(29)36(32)44-37)25-6-7-27-21-30(9-8-26(27)19-25)33-22-41-23-42-33/h6-10,12,19-24,34-35H,2,4-5,11,13-18H2,1,3H3,(H2,40,45)(H,41,42)(H,43,44). The number of fused-ring (bicyclic) bond motifs is 4. The Balaban J connectivity index is 1.03. The summed E-state index contributed by atoms with van der Waals surface area (Å²) in [5.41, 5.74) is 15.0. The number of aromatic amines is 2. The van der Waals surface area contributed by atoms with Crippen LogP contribution in [-0.4, -0.2) is 90.2 Å². The first-order chi connectivity index (χ1) is 24.7. The van der Waals surface area contributed by atoms with E-state index in [0.29, 0.717) is 32.5 Å². The van der Waals surface area contributed by atoms with E-state index in [2.05, 4.69) is 80.4 Å². The minimum absolute atomic E-state index is 0.00415. The Morgan fingerprint density at radius 3 is 2.47 bits per heavy atom. The molecule has 12 heteroatoms. The molecular formula is C39H44N8O3S. The van der Waals surface area contributed by atoms with Gasteiger partial charge in [-0.1, -0.05) is 42.5 Å². The van der Waals surface area contributed by atoms with Gasteiger partial charge in [-0.3, -0.25) is 9.00 Å². The van der Waals surface area contributed by atoms with Crippen molar-refractivity contribution < 1.29 is 13.7 Å². The van der Waals surface area contributed by atoms with Crippen molar-refractivity contribution in [1.82, 2.24) is 29.1 Å². The Bertz CT molecular complexity index is 2240. The quantitative estimate of drug-likeness (QED) is 0.118. The van der Waals surface area contributed by atoms with E-state index in [9.17, 15) is 9.00 Å². The third kappa shape index (κ3) is 6.42. The molecule has 3 atom stereocenters. The van der Waals surface area contributed by atoms with Gasteiger partial charge in [0.2, 0.25) is 5.91 Å². The van der Waals surface area contributed by atoms with Crippen LogP contribution in [0.3, 0.4) is 0 Å². The van der Waals surface area contributed by atoms with Crippen molar-refractivity contribution in [3.8, 4) is 33.6 Å². The van der Waals surface area contributed by atoms with Crippen LogP contribution in [0.2, 0.25) is 0 Å². The maximum atomic E-state index is 14.3. The molecule has 2 aromatic heterocycles. The highest BCUT2D eigenvalue weighted by atomic mass is 32.2. The molecule has 5 aromatic rings. The van der Waals surface area contributed by atoms with E-state index >= 15 is 0 Å². The molecule has 1 aliphatic carbocycles. The summed E-state index contributed by atoms with van der Waals surface area (Å²) in [5, 5.41) is 2.38. The Labute approximate surface area is 298 Å². The van der Waals surface area contributed by atoms with Crippen LogP contribution < -0.4 is 5.73 Å². The summed E-state index contributed by atoms with van der Waals surface area (Å²) < 4.78 is 19.7. The van der Waals surface area contributed by atoms with Gasteiger partial charge in [-0.05, 0) is 89.9 Å². The van der Waals surface area contributed by atoms with Crippen molar-refractivity contribution in [2.45, 2.75) is 50.6 Å². The molecule has 8 rings (SSSR count). The molecule has 1 amide bonds. The molecule has 0 saturated carbocycles. The number of methoxy groups -OCH3 is 1. The largest absolute Gasteiger partial charge is 0.469 e. The lowest BCUT2D eigenvalue weighted by Crippen LogP contribution is -2.47. The number of aliphatic imine (C=N–C) groups is 1. The van der Waals surface area contributed by atoms with Crippen LogP contribution in [0.25, 0.3) is 44.4 Å². The molecule has 4 N–H and O–H groups in total. The molecule has 3 aliphatic rings. The fourth-order valence-corrected chi connectivity index (χ4v) is 9.07. The van der Waals surface area contributed by atoms with Gasteiger partial charge in [-0.25, -0.2) is 19.3 Å². The number of nitrogens with two attached hydrogens (primary N) is 1. The number of carbonyl (C=O) groups is 1. The zero-order chi connectivity index (χ0) is 35.3. The van der Waals surface area contributed by atoms with Crippen LogP contribution in [0.15, 0.2) is 72.1 Å². The van der Waals surface area contributed by atoms with E-state index in [1.165, 1.54) is 34.6 Å². The number of likely N-dealkylation sites (tertiary alicyclic amines) is 1. The molecule has 4 heterocycles. The van der Waals surface area contributed by atoms with Gasteiger partial charge in [0, 0.05) is 52.4 Å². The first kappa shape index (κ1) is 33.2. The van der Waals surface area contributed by atoms with Crippen molar-refractivity contribution in [2.24, 2.45) is 16.6 Å². The topological polar surface area (TPSA) is 146 Å². The third-order valence-electron chi connectivity index (χ3n) is 10.9. The van der Waals surface area contributed by atoms with Gasteiger partial charge in [0.15, 0.2) is 0 Å². The molecule has 0 bridgehead atoms. The monoisotopic (exact) mass is 704 g/mol. The smallest absolute Gasteiger partial charge is 0.282 e. The SMILES string of the molecule is C=S(C)(=O)N1CCC(C(N=C(N)OC)C(=O)N2CCCC2c2nc3c([nH]2)CCc2cc(-c4ccc5cc(-c6cnc[nH]6)ccc5c4)ccc2-3)CC1. The lowest BCUT2D eigenvalue weighted by atomic mass is 9.89. The Morgan fingerprint density at radius 2 is 1.75 bits per heavy atom. The second-order valence-electron chi connectivity index (χ2n) is 14.1. The van der Waals surface area contributed by atoms with Crippen molar-refractivity contribution >= 4 is 38.3 Å². The van der Waals surface area contributed by atoms with E-state index in [1.807, 2.05) is 15.4 Å². The maximum absolute atomic E-state index is 14.3. The van der Waals surface area contributed by atoms with Crippen LogP contribution in [-0.2, 0) is 32.1 Å². The minimum atomic E-state index is -2.30. The highest BCUT2D eigenvalue weighted by molar-refractivity contribution is 7.97. The number of aromatic nitrogens is 4. The molecule has 2 aliphatic heterocycles. The Kier molecular flexibility index (Phi) is 8.67. The summed E-state index contributed by atoms with van der Waals surface area (Å²) in [6.45, 7) is 1.82. The number of hydrogen-bond donors (Lipinski definition) is 3. The lowest BCUT2D eigenvalue weighted by molar-refractivity contribution is -0.135. The van der Waals surface area contributed by atoms with Gasteiger partial charge >= 0.3 is 0 Å². The summed E-state index contributed by atoms with van der Waals surface area (Å²) in [6, 6.07) is 18.9. The summed E-state index contributed by atoms with van der Waals surface area (Å²) in [5.74, 6) is 4.57. The van der Waals surface area contributed by atoms with Gasteiger partial charge < -0.3 is 25.3 Å². The third-order valence-corrected chi connectivity index (χ3v) is 12.3. The van der Waals surface area contributed by atoms with E-state index in [4.69, 9.17) is 15.5 Å². The first-order valence-electron chi connectivity index (χ1n) is 17.7. The van der Waals surface area contributed by atoms with E-state index < -0.39 is 15.7 Å². The fourth-order valence-electron chi connectivity index (χ4n) is 8.08. The van der Waals surface area contributed by atoms with Crippen LogP contribution >= 0.6 is 0 Å². The highest BCUT2D eigenvalue weighted by Gasteiger charge is 2.41. The Morgan fingerprint density at radius 1 is 1.02 bits per heavy atom. The predicted octanol–water partition coefficient (Wildman–Crippen LogP) is 5.35. The van der Waals surface area contributed by atoms with Crippen molar-refractivity contribution in [3.05, 3.63) is 84.2 Å². The van der Waals surface area contributed by atoms with Crippen LogP contribution in [0.5, 0.6) is 0 Å². The molecule has 3 aromatic carbocycles. The van der Waals surface area contributed by atoms with Crippen molar-refractivity contribution in [3.63, 3.8) is 0 Å². The fraction of sp³-hybridized carbons (Fsp3) is 0.359. The first-order valence-corrected chi connectivity index (χ1v) is 19.8. The van der Waals surface area contributed by atoms with Crippen molar-refractivity contribution in [2.75, 3.05) is 33.0 Å².